The Bertz CT molecular complexity index is 802. The van der Waals surface area contributed by atoms with Gasteiger partial charge in [-0.15, -0.1) is 11.3 Å². The maximum atomic E-state index is 5.90. The highest BCUT2D eigenvalue weighted by Crippen LogP contribution is 2.35. The zero-order chi connectivity index (χ0) is 18.0. The number of thiazole rings is 1. The molecule has 0 radical (unpaired) electrons. The van der Waals surface area contributed by atoms with Crippen LogP contribution < -0.4 is 11.1 Å². The lowest BCUT2D eigenvalue weighted by Crippen LogP contribution is -2.31. The Kier molecular flexibility index (Phi) is 5.07. The summed E-state index contributed by atoms with van der Waals surface area (Å²) in [6.07, 6.45) is 5.61. The zero-order valence-corrected chi connectivity index (χ0v) is 16.1. The molecule has 0 bridgehead atoms. The summed E-state index contributed by atoms with van der Waals surface area (Å²) in [6.45, 7) is 4.44. The van der Waals surface area contributed by atoms with Crippen molar-refractivity contribution >= 4 is 16.5 Å². The van der Waals surface area contributed by atoms with E-state index in [0.717, 1.165) is 66.8 Å². The van der Waals surface area contributed by atoms with Gasteiger partial charge in [-0.1, -0.05) is 13.0 Å². The predicted molar refractivity (Wildman–Crippen MR) is 106 cm³/mol. The van der Waals surface area contributed by atoms with Gasteiger partial charge in [0.2, 0.25) is 0 Å². The molecule has 0 aromatic carbocycles. The summed E-state index contributed by atoms with van der Waals surface area (Å²) in [7, 11) is 0. The van der Waals surface area contributed by atoms with Crippen LogP contribution in [0.5, 0.6) is 0 Å². The van der Waals surface area contributed by atoms with Crippen LogP contribution in [0.4, 0.5) is 5.13 Å². The van der Waals surface area contributed by atoms with E-state index in [-0.39, 0.29) is 5.41 Å². The van der Waals surface area contributed by atoms with Gasteiger partial charge in [0.1, 0.15) is 5.69 Å². The predicted octanol–water partition coefficient (Wildman–Crippen LogP) is 4.08. The van der Waals surface area contributed by atoms with Crippen LogP contribution in [-0.4, -0.2) is 29.7 Å². The van der Waals surface area contributed by atoms with Gasteiger partial charge in [-0.2, -0.15) is 0 Å². The normalized spacial score (nSPS) is 19.1. The van der Waals surface area contributed by atoms with Crippen molar-refractivity contribution in [3.8, 4) is 11.4 Å². The number of nitrogens with one attached hydrogen (secondary N) is 1. The lowest BCUT2D eigenvalue weighted by Gasteiger charge is -2.33. The first kappa shape index (κ1) is 17.6. The van der Waals surface area contributed by atoms with Crippen molar-refractivity contribution in [2.45, 2.75) is 44.4 Å². The third-order valence-electron chi connectivity index (χ3n) is 5.58. The van der Waals surface area contributed by atoms with E-state index in [1.807, 2.05) is 6.07 Å². The summed E-state index contributed by atoms with van der Waals surface area (Å²) in [5.74, 6) is 0. The number of allylic oxidation sites excluding steroid dienone is 1. The molecule has 1 saturated heterocycles. The molecule has 2 aliphatic rings. The largest absolute Gasteiger partial charge is 0.381 e. The number of ether oxygens (including phenoxy) is 1. The van der Waals surface area contributed by atoms with Crippen LogP contribution in [0.25, 0.3) is 11.4 Å². The van der Waals surface area contributed by atoms with Crippen LogP contribution in [0.2, 0.25) is 0 Å². The van der Waals surface area contributed by atoms with E-state index in [2.05, 4.69) is 29.8 Å². The molecule has 3 heterocycles. The fourth-order valence-electron chi connectivity index (χ4n) is 3.51. The average Bonchev–Trinajstić information content (AvgIpc) is 3.09. The van der Waals surface area contributed by atoms with E-state index < -0.39 is 0 Å². The highest BCUT2D eigenvalue weighted by Gasteiger charge is 2.31. The molecule has 1 aliphatic heterocycles. The van der Waals surface area contributed by atoms with Crippen LogP contribution in [0.1, 0.15) is 44.7 Å². The van der Waals surface area contributed by atoms with Gasteiger partial charge in [-0.05, 0) is 49.8 Å². The molecule has 2 aromatic heterocycles. The Labute approximate surface area is 158 Å². The minimum atomic E-state index is 0.0900. The molecule has 0 unspecified atom stereocenters. The molecule has 138 valence electrons. The molecule has 4 rings (SSSR count). The Balaban J connectivity index is 1.55. The molecule has 1 saturated carbocycles. The second kappa shape index (κ2) is 7.47. The van der Waals surface area contributed by atoms with E-state index in [9.17, 15) is 0 Å². The molecule has 26 heavy (non-hydrogen) atoms. The van der Waals surface area contributed by atoms with Crippen molar-refractivity contribution in [1.82, 2.24) is 9.97 Å². The quantitative estimate of drug-likeness (QED) is 0.829. The van der Waals surface area contributed by atoms with Crippen LogP contribution in [0.3, 0.4) is 0 Å². The topological polar surface area (TPSA) is 73.1 Å². The van der Waals surface area contributed by atoms with Crippen LogP contribution in [-0.2, 0) is 10.2 Å². The second-order valence-corrected chi connectivity index (χ2v) is 8.24. The smallest absolute Gasteiger partial charge is 0.187 e. The van der Waals surface area contributed by atoms with Gasteiger partial charge < -0.3 is 15.8 Å². The first-order valence-electron chi connectivity index (χ1n) is 9.37. The standard InChI is InChI=1S/C20H26N4OS/c1-20(8-10-25-11-9-20)18-7-3-6-15(22-18)17-13-26-19(24-17)23-16(12-21)14-4-2-5-14/h3,6-7,13H,2,4-5,8-12,21H2,1H3,(H,23,24). The van der Waals surface area contributed by atoms with Crippen molar-refractivity contribution in [1.29, 1.82) is 0 Å². The third-order valence-corrected chi connectivity index (χ3v) is 6.33. The van der Waals surface area contributed by atoms with E-state index in [1.165, 1.54) is 12.0 Å². The second-order valence-electron chi connectivity index (χ2n) is 7.38. The first-order valence-corrected chi connectivity index (χ1v) is 10.2. The number of pyridine rings is 1. The van der Waals surface area contributed by atoms with Gasteiger partial charge in [-0.3, -0.25) is 4.98 Å². The van der Waals surface area contributed by atoms with Crippen molar-refractivity contribution in [3.63, 3.8) is 0 Å². The number of anilines is 1. The molecule has 5 nitrogen and oxygen atoms in total. The summed E-state index contributed by atoms with van der Waals surface area (Å²) in [5, 5.41) is 6.39. The number of hydrogen-bond donors (Lipinski definition) is 2. The van der Waals surface area contributed by atoms with E-state index in [1.54, 1.807) is 11.3 Å². The van der Waals surface area contributed by atoms with Gasteiger partial charge in [0.25, 0.3) is 0 Å². The molecule has 6 heteroatoms. The number of nitrogens with two attached hydrogens (primary N) is 1. The SMILES string of the molecule is CC1(c2cccc(-c3csc(NC(CN)=C4CCC4)n3)n2)CCOCC1. The van der Waals surface area contributed by atoms with Crippen molar-refractivity contribution in [2.75, 3.05) is 25.1 Å². The number of nitrogens with zero attached hydrogens (tertiary/aromatic N) is 2. The summed E-state index contributed by atoms with van der Waals surface area (Å²) < 4.78 is 5.52. The molecule has 2 fully saturated rings. The van der Waals surface area contributed by atoms with Crippen LogP contribution >= 0.6 is 11.3 Å². The monoisotopic (exact) mass is 370 g/mol. The van der Waals surface area contributed by atoms with E-state index in [0.29, 0.717) is 6.54 Å². The molecule has 0 atom stereocenters. The fourth-order valence-corrected chi connectivity index (χ4v) is 4.24. The summed E-state index contributed by atoms with van der Waals surface area (Å²) >= 11 is 1.61. The van der Waals surface area contributed by atoms with Crippen molar-refractivity contribution in [2.24, 2.45) is 5.73 Å². The number of hydrogen-bond acceptors (Lipinski definition) is 6. The third kappa shape index (κ3) is 3.54. The van der Waals surface area contributed by atoms with Crippen LogP contribution in [0.15, 0.2) is 34.8 Å². The zero-order valence-electron chi connectivity index (χ0n) is 15.3. The molecular formula is C20H26N4OS. The van der Waals surface area contributed by atoms with E-state index >= 15 is 0 Å². The Morgan fingerprint density at radius 3 is 2.73 bits per heavy atom. The Hall–Kier alpha value is -1.76. The number of rotatable bonds is 5. The molecule has 0 amide bonds. The van der Waals surface area contributed by atoms with Gasteiger partial charge in [0.15, 0.2) is 5.13 Å². The fraction of sp³-hybridized carbons (Fsp3) is 0.500. The van der Waals surface area contributed by atoms with Gasteiger partial charge in [-0.25, -0.2) is 4.98 Å². The van der Waals surface area contributed by atoms with Crippen LogP contribution in [0, 0.1) is 0 Å². The highest BCUT2D eigenvalue weighted by molar-refractivity contribution is 7.14. The lowest BCUT2D eigenvalue weighted by molar-refractivity contribution is 0.0551. The Morgan fingerprint density at radius 1 is 1.23 bits per heavy atom. The number of aromatic nitrogens is 2. The maximum absolute atomic E-state index is 5.90. The molecular weight excluding hydrogens is 344 g/mol. The maximum Gasteiger partial charge on any atom is 0.187 e. The molecule has 1 aliphatic carbocycles. The molecule has 3 N–H and O–H groups in total. The lowest BCUT2D eigenvalue weighted by atomic mass is 9.79. The minimum Gasteiger partial charge on any atom is -0.381 e. The van der Waals surface area contributed by atoms with Crippen molar-refractivity contribution < 1.29 is 4.74 Å². The average molecular weight is 371 g/mol. The highest BCUT2D eigenvalue weighted by atomic mass is 32.1. The van der Waals surface area contributed by atoms with Gasteiger partial charge >= 0.3 is 0 Å². The summed E-state index contributed by atoms with van der Waals surface area (Å²) in [6, 6.07) is 6.26. The Morgan fingerprint density at radius 2 is 2.04 bits per heavy atom. The molecule has 0 spiro atoms. The minimum absolute atomic E-state index is 0.0900. The summed E-state index contributed by atoms with van der Waals surface area (Å²) in [4.78, 5) is 9.69. The van der Waals surface area contributed by atoms with Gasteiger partial charge in [0.05, 0.1) is 5.69 Å². The van der Waals surface area contributed by atoms with Gasteiger partial charge in [0, 0.05) is 41.9 Å². The molecule has 2 aromatic rings. The van der Waals surface area contributed by atoms with Crippen molar-refractivity contribution in [3.05, 3.63) is 40.5 Å². The summed E-state index contributed by atoms with van der Waals surface area (Å²) in [5.41, 5.74) is 11.6. The first-order chi connectivity index (χ1) is 12.7. The van der Waals surface area contributed by atoms with E-state index in [4.69, 9.17) is 20.4 Å².